The molecule has 86 valence electrons. The third-order valence-corrected chi connectivity index (χ3v) is 2.29. The Labute approximate surface area is 98.2 Å². The summed E-state index contributed by atoms with van der Waals surface area (Å²) in [5, 5.41) is 0. The van der Waals surface area contributed by atoms with Crippen molar-refractivity contribution in [3.05, 3.63) is 24.3 Å². The first kappa shape index (κ1) is 11.0. The van der Waals surface area contributed by atoms with Crippen molar-refractivity contribution in [3.63, 3.8) is 0 Å². The molecule has 0 aliphatic heterocycles. The lowest BCUT2D eigenvalue weighted by Crippen LogP contribution is -2.15. The Hall–Kier alpha value is -2.48. The SMILES string of the molecule is C#CCOC(=O)Cn1c(N)nc2ccccc21. The van der Waals surface area contributed by atoms with Crippen LogP contribution >= 0.6 is 0 Å². The molecule has 0 saturated carbocycles. The molecule has 1 aromatic carbocycles. The maximum atomic E-state index is 11.4. The van der Waals surface area contributed by atoms with Gasteiger partial charge < -0.3 is 10.5 Å². The number of nitrogen functional groups attached to an aromatic ring is 1. The van der Waals surface area contributed by atoms with Crippen LogP contribution in [0, 0.1) is 12.3 Å². The predicted molar refractivity (Wildman–Crippen MR) is 63.9 cm³/mol. The molecule has 17 heavy (non-hydrogen) atoms. The lowest BCUT2D eigenvalue weighted by molar-refractivity contribution is -0.142. The second-order valence-corrected chi connectivity index (χ2v) is 3.41. The molecule has 1 heterocycles. The number of carbonyl (C=O) groups is 1. The van der Waals surface area contributed by atoms with Gasteiger partial charge in [0.2, 0.25) is 5.95 Å². The predicted octanol–water partition coefficient (Wildman–Crippen LogP) is 0.795. The van der Waals surface area contributed by atoms with E-state index in [2.05, 4.69) is 10.9 Å². The Balaban J connectivity index is 2.27. The van der Waals surface area contributed by atoms with Gasteiger partial charge in [0.05, 0.1) is 11.0 Å². The van der Waals surface area contributed by atoms with Gasteiger partial charge in [0.1, 0.15) is 6.54 Å². The zero-order valence-corrected chi connectivity index (χ0v) is 9.09. The number of benzene rings is 1. The Bertz CT molecular complexity index is 595. The number of rotatable bonds is 3. The van der Waals surface area contributed by atoms with Gasteiger partial charge in [-0.25, -0.2) is 4.98 Å². The molecule has 2 aromatic rings. The number of ether oxygens (including phenoxy) is 1. The van der Waals surface area contributed by atoms with E-state index in [1.165, 1.54) is 0 Å². The molecule has 2 N–H and O–H groups in total. The first-order chi connectivity index (χ1) is 8.22. The van der Waals surface area contributed by atoms with Crippen LogP contribution in [0.1, 0.15) is 0 Å². The van der Waals surface area contributed by atoms with E-state index < -0.39 is 5.97 Å². The molecule has 0 unspecified atom stereocenters. The summed E-state index contributed by atoms with van der Waals surface area (Å²) >= 11 is 0. The van der Waals surface area contributed by atoms with Crippen LogP contribution in [0.5, 0.6) is 0 Å². The van der Waals surface area contributed by atoms with Crippen LogP contribution in [0.15, 0.2) is 24.3 Å². The molecule has 2 rings (SSSR count). The van der Waals surface area contributed by atoms with Crippen LogP contribution in [0.4, 0.5) is 5.95 Å². The molecule has 0 aliphatic carbocycles. The van der Waals surface area contributed by atoms with Gasteiger partial charge in [0.25, 0.3) is 0 Å². The fourth-order valence-electron chi connectivity index (χ4n) is 1.56. The zero-order valence-electron chi connectivity index (χ0n) is 9.09. The van der Waals surface area contributed by atoms with E-state index in [1.807, 2.05) is 24.3 Å². The van der Waals surface area contributed by atoms with E-state index in [9.17, 15) is 4.79 Å². The molecule has 0 spiro atoms. The van der Waals surface area contributed by atoms with Crippen molar-refractivity contribution in [2.75, 3.05) is 12.3 Å². The summed E-state index contributed by atoms with van der Waals surface area (Å²) in [5.74, 6) is 2.08. The van der Waals surface area contributed by atoms with Crippen molar-refractivity contribution in [2.45, 2.75) is 6.54 Å². The monoisotopic (exact) mass is 229 g/mol. The van der Waals surface area contributed by atoms with Gasteiger partial charge >= 0.3 is 5.97 Å². The van der Waals surface area contributed by atoms with Gasteiger partial charge in [0.15, 0.2) is 6.61 Å². The summed E-state index contributed by atoms with van der Waals surface area (Å²) < 4.78 is 6.38. The standard InChI is InChI=1S/C12H11N3O2/c1-2-7-17-11(16)8-15-10-6-4-3-5-9(10)14-12(15)13/h1,3-6H,7-8H2,(H2,13,14). The summed E-state index contributed by atoms with van der Waals surface area (Å²) in [7, 11) is 0. The van der Waals surface area contributed by atoms with Gasteiger partial charge in [-0.2, -0.15) is 0 Å². The van der Waals surface area contributed by atoms with E-state index in [0.29, 0.717) is 0 Å². The van der Waals surface area contributed by atoms with Crippen molar-refractivity contribution < 1.29 is 9.53 Å². The average molecular weight is 229 g/mol. The lowest BCUT2D eigenvalue weighted by atomic mass is 10.3. The number of imidazole rings is 1. The zero-order chi connectivity index (χ0) is 12.3. The quantitative estimate of drug-likeness (QED) is 0.624. The third kappa shape index (κ3) is 2.21. The van der Waals surface area contributed by atoms with E-state index in [-0.39, 0.29) is 19.1 Å². The minimum Gasteiger partial charge on any atom is -0.451 e. The minimum absolute atomic E-state index is 0.00796. The number of aromatic nitrogens is 2. The molecule has 1 aromatic heterocycles. The maximum Gasteiger partial charge on any atom is 0.327 e. The number of esters is 1. The van der Waals surface area contributed by atoms with Crippen LogP contribution in [-0.4, -0.2) is 22.1 Å². The summed E-state index contributed by atoms with van der Waals surface area (Å²) in [5.41, 5.74) is 7.27. The Morgan fingerprint density at radius 1 is 1.53 bits per heavy atom. The highest BCUT2D eigenvalue weighted by atomic mass is 16.5. The van der Waals surface area contributed by atoms with Crippen molar-refractivity contribution >= 4 is 23.0 Å². The molecule has 0 amide bonds. The smallest absolute Gasteiger partial charge is 0.327 e. The summed E-state index contributed by atoms with van der Waals surface area (Å²) in [6.07, 6.45) is 5.00. The molecule has 0 radical (unpaired) electrons. The molecule has 5 heteroatoms. The van der Waals surface area contributed by atoms with Crippen molar-refractivity contribution in [2.24, 2.45) is 0 Å². The number of para-hydroxylation sites is 2. The van der Waals surface area contributed by atoms with Crippen molar-refractivity contribution in [3.8, 4) is 12.3 Å². The van der Waals surface area contributed by atoms with E-state index in [1.54, 1.807) is 4.57 Å². The normalized spacial score (nSPS) is 10.1. The molecule has 0 atom stereocenters. The third-order valence-electron chi connectivity index (χ3n) is 2.29. The summed E-state index contributed by atoms with van der Waals surface area (Å²) in [4.78, 5) is 15.6. The summed E-state index contributed by atoms with van der Waals surface area (Å²) in [6, 6.07) is 7.38. The van der Waals surface area contributed by atoms with Crippen LogP contribution in [0.25, 0.3) is 11.0 Å². The molecular weight excluding hydrogens is 218 g/mol. The van der Waals surface area contributed by atoms with Crippen molar-refractivity contribution in [1.29, 1.82) is 0 Å². The highest BCUT2D eigenvalue weighted by Crippen LogP contribution is 2.17. The number of nitrogens with zero attached hydrogens (tertiary/aromatic N) is 2. The Morgan fingerprint density at radius 3 is 3.06 bits per heavy atom. The van der Waals surface area contributed by atoms with Gasteiger partial charge in [-0.05, 0) is 12.1 Å². The van der Waals surface area contributed by atoms with E-state index >= 15 is 0 Å². The second-order valence-electron chi connectivity index (χ2n) is 3.41. The lowest BCUT2D eigenvalue weighted by Gasteiger charge is -2.05. The minimum atomic E-state index is -0.433. The largest absolute Gasteiger partial charge is 0.451 e. The number of hydrogen-bond acceptors (Lipinski definition) is 4. The van der Waals surface area contributed by atoms with Gasteiger partial charge in [-0.3, -0.25) is 9.36 Å². The van der Waals surface area contributed by atoms with Crippen LogP contribution < -0.4 is 5.73 Å². The van der Waals surface area contributed by atoms with Crippen LogP contribution in [-0.2, 0) is 16.1 Å². The van der Waals surface area contributed by atoms with Crippen molar-refractivity contribution in [1.82, 2.24) is 9.55 Å². The number of hydrogen-bond donors (Lipinski definition) is 1. The molecule has 0 aliphatic rings. The molecular formula is C12H11N3O2. The Kier molecular flexibility index (Phi) is 2.97. The summed E-state index contributed by atoms with van der Waals surface area (Å²) in [6.45, 7) is -0.0284. The molecule has 0 fully saturated rings. The highest BCUT2D eigenvalue weighted by molar-refractivity contribution is 5.81. The number of fused-ring (bicyclic) bond motifs is 1. The van der Waals surface area contributed by atoms with Gasteiger partial charge in [-0.1, -0.05) is 18.1 Å². The average Bonchev–Trinajstić information content (AvgIpc) is 2.64. The first-order valence-electron chi connectivity index (χ1n) is 5.02. The second kappa shape index (κ2) is 4.58. The fraction of sp³-hybridized carbons (Fsp3) is 0.167. The van der Waals surface area contributed by atoms with Gasteiger partial charge in [0, 0.05) is 0 Å². The molecule has 5 nitrogen and oxygen atoms in total. The fourth-order valence-corrected chi connectivity index (χ4v) is 1.56. The van der Waals surface area contributed by atoms with Crippen LogP contribution in [0.2, 0.25) is 0 Å². The molecule has 0 saturated heterocycles. The highest BCUT2D eigenvalue weighted by Gasteiger charge is 2.11. The Morgan fingerprint density at radius 2 is 2.29 bits per heavy atom. The number of terminal acetylenes is 1. The number of carbonyl (C=O) groups excluding carboxylic acids is 1. The number of anilines is 1. The topological polar surface area (TPSA) is 70.1 Å². The maximum absolute atomic E-state index is 11.4. The molecule has 0 bridgehead atoms. The van der Waals surface area contributed by atoms with Crippen LogP contribution in [0.3, 0.4) is 0 Å². The van der Waals surface area contributed by atoms with E-state index in [4.69, 9.17) is 16.9 Å². The first-order valence-corrected chi connectivity index (χ1v) is 5.02. The van der Waals surface area contributed by atoms with Gasteiger partial charge in [-0.15, -0.1) is 6.42 Å². The van der Waals surface area contributed by atoms with E-state index in [0.717, 1.165) is 11.0 Å². The number of nitrogens with two attached hydrogens (primary N) is 1.